The Kier molecular flexibility index (Phi) is 9.40. The van der Waals surface area contributed by atoms with Gasteiger partial charge in [0, 0.05) is 23.2 Å². The standard InChI is InChI=1S/C43H42N2O3/c1-6-8-38(46)33-13-11-29(12-14-33)27-37(32-17-15-30(16-18-32)31-19-23-35(24-20-31)43(3,4)5)41(47)44-36-25-21-34(22-26-36)42-45-40-28(2)9-7-10-39(40)48-42/h7,9-26,37H,6,8,27H2,1-5H3,(H,44,47)/t37-/m0/s1. The highest BCUT2D eigenvalue weighted by Gasteiger charge is 2.22. The van der Waals surface area contributed by atoms with Gasteiger partial charge in [0.1, 0.15) is 5.52 Å². The Morgan fingerprint density at radius 1 is 0.771 bits per heavy atom. The number of Topliss-reactive ketones (excluding diaryl/α,β-unsaturated/α-hetero) is 1. The van der Waals surface area contributed by atoms with Crippen LogP contribution in [0.2, 0.25) is 0 Å². The van der Waals surface area contributed by atoms with Crippen LogP contribution < -0.4 is 5.32 Å². The second-order valence-electron chi connectivity index (χ2n) is 13.6. The van der Waals surface area contributed by atoms with Crippen molar-refractivity contribution in [2.75, 3.05) is 5.32 Å². The number of aromatic nitrogens is 1. The summed E-state index contributed by atoms with van der Waals surface area (Å²) in [6, 6.07) is 38.1. The first kappa shape index (κ1) is 32.6. The van der Waals surface area contributed by atoms with Gasteiger partial charge in [0.05, 0.1) is 5.92 Å². The van der Waals surface area contributed by atoms with Crippen LogP contribution in [0.15, 0.2) is 120 Å². The number of rotatable bonds is 10. The number of benzene rings is 5. The summed E-state index contributed by atoms with van der Waals surface area (Å²) in [5.74, 6) is 0.137. The molecule has 5 nitrogen and oxygen atoms in total. The molecule has 1 N–H and O–H groups in total. The molecule has 0 fully saturated rings. The molecule has 0 saturated carbocycles. The van der Waals surface area contributed by atoms with Crippen molar-refractivity contribution < 1.29 is 14.0 Å². The minimum absolute atomic E-state index is 0.0915. The molecule has 48 heavy (non-hydrogen) atoms. The number of anilines is 1. The van der Waals surface area contributed by atoms with Gasteiger partial charge in [0.2, 0.25) is 11.8 Å². The van der Waals surface area contributed by atoms with Crippen molar-refractivity contribution in [3.63, 3.8) is 0 Å². The van der Waals surface area contributed by atoms with E-state index in [2.05, 4.69) is 79.6 Å². The quantitative estimate of drug-likeness (QED) is 0.152. The summed E-state index contributed by atoms with van der Waals surface area (Å²) in [7, 11) is 0. The maximum absolute atomic E-state index is 14.0. The van der Waals surface area contributed by atoms with Gasteiger partial charge in [0.15, 0.2) is 11.4 Å². The maximum Gasteiger partial charge on any atom is 0.232 e. The molecule has 0 spiro atoms. The van der Waals surface area contributed by atoms with Crippen molar-refractivity contribution in [3.8, 4) is 22.6 Å². The van der Waals surface area contributed by atoms with Crippen molar-refractivity contribution in [2.24, 2.45) is 0 Å². The minimum Gasteiger partial charge on any atom is -0.436 e. The third-order valence-corrected chi connectivity index (χ3v) is 8.93. The Hall–Kier alpha value is -5.29. The van der Waals surface area contributed by atoms with E-state index in [4.69, 9.17) is 4.42 Å². The number of ketones is 1. The largest absolute Gasteiger partial charge is 0.436 e. The first-order chi connectivity index (χ1) is 23.1. The number of hydrogen-bond acceptors (Lipinski definition) is 4. The summed E-state index contributed by atoms with van der Waals surface area (Å²) < 4.78 is 6.00. The topological polar surface area (TPSA) is 72.2 Å². The highest BCUT2D eigenvalue weighted by molar-refractivity contribution is 5.97. The van der Waals surface area contributed by atoms with E-state index in [9.17, 15) is 9.59 Å². The lowest BCUT2D eigenvalue weighted by Crippen LogP contribution is -2.23. The van der Waals surface area contributed by atoms with E-state index in [1.165, 1.54) is 5.56 Å². The molecular weight excluding hydrogens is 592 g/mol. The minimum atomic E-state index is -0.445. The first-order valence-electron chi connectivity index (χ1n) is 16.7. The van der Waals surface area contributed by atoms with Crippen molar-refractivity contribution in [1.82, 2.24) is 4.98 Å². The molecule has 1 amide bonds. The van der Waals surface area contributed by atoms with Crippen LogP contribution in [-0.4, -0.2) is 16.7 Å². The zero-order chi connectivity index (χ0) is 33.8. The fraction of sp³-hybridized carbons (Fsp3) is 0.233. The van der Waals surface area contributed by atoms with Crippen LogP contribution in [0.4, 0.5) is 5.69 Å². The van der Waals surface area contributed by atoms with Crippen molar-refractivity contribution in [1.29, 1.82) is 0 Å². The maximum atomic E-state index is 14.0. The average molecular weight is 635 g/mol. The SMILES string of the molecule is CCCC(=O)c1ccc(C[C@H](C(=O)Nc2ccc(-c3nc4c(C)cccc4o3)cc2)c2ccc(-c3ccc(C(C)(C)C)cc3)cc2)cc1. The number of hydrogen-bond donors (Lipinski definition) is 1. The molecule has 5 aromatic carbocycles. The molecule has 1 aromatic heterocycles. The van der Waals surface area contributed by atoms with Crippen molar-refractivity contribution in [2.45, 2.75) is 65.2 Å². The molecule has 5 heteroatoms. The highest BCUT2D eigenvalue weighted by Crippen LogP contribution is 2.31. The summed E-state index contributed by atoms with van der Waals surface area (Å²) in [5.41, 5.74) is 10.4. The number of carbonyl (C=O) groups excluding carboxylic acids is 2. The van der Waals surface area contributed by atoms with E-state index in [1.807, 2.05) is 80.6 Å². The molecule has 242 valence electrons. The fourth-order valence-corrected chi connectivity index (χ4v) is 6.00. The summed E-state index contributed by atoms with van der Waals surface area (Å²) in [6.45, 7) is 10.7. The van der Waals surface area contributed by atoms with Gasteiger partial charge in [-0.05, 0) is 88.9 Å². The summed E-state index contributed by atoms with van der Waals surface area (Å²) in [6.07, 6.45) is 1.84. The molecule has 0 saturated heterocycles. The van der Waals surface area contributed by atoms with Crippen LogP contribution in [0.25, 0.3) is 33.7 Å². The Morgan fingerprint density at radius 3 is 2.00 bits per heavy atom. The van der Waals surface area contributed by atoms with Gasteiger partial charge in [-0.2, -0.15) is 0 Å². The third kappa shape index (κ3) is 7.31. The van der Waals surface area contributed by atoms with Gasteiger partial charge in [-0.25, -0.2) is 4.98 Å². The second kappa shape index (κ2) is 13.8. The molecule has 0 radical (unpaired) electrons. The molecule has 0 aliphatic heterocycles. The number of oxazole rings is 1. The van der Waals surface area contributed by atoms with Gasteiger partial charge in [-0.1, -0.05) is 113 Å². The summed E-state index contributed by atoms with van der Waals surface area (Å²) in [5, 5.41) is 3.14. The van der Waals surface area contributed by atoms with E-state index >= 15 is 0 Å². The van der Waals surface area contributed by atoms with Gasteiger partial charge < -0.3 is 9.73 Å². The number of nitrogens with zero attached hydrogens (tertiary/aromatic N) is 1. The lowest BCUT2D eigenvalue weighted by Gasteiger charge is -2.20. The number of nitrogens with one attached hydrogen (secondary N) is 1. The van der Waals surface area contributed by atoms with Crippen molar-refractivity contribution >= 4 is 28.5 Å². The predicted molar refractivity (Wildman–Crippen MR) is 196 cm³/mol. The summed E-state index contributed by atoms with van der Waals surface area (Å²) >= 11 is 0. The van der Waals surface area contributed by atoms with E-state index in [1.54, 1.807) is 0 Å². The average Bonchev–Trinajstić information content (AvgIpc) is 3.54. The van der Waals surface area contributed by atoms with Gasteiger partial charge in [-0.3, -0.25) is 9.59 Å². The van der Waals surface area contributed by atoms with E-state index in [-0.39, 0.29) is 17.1 Å². The predicted octanol–water partition coefficient (Wildman–Crippen LogP) is 10.7. The smallest absolute Gasteiger partial charge is 0.232 e. The number of carbonyl (C=O) groups is 2. The van der Waals surface area contributed by atoms with Gasteiger partial charge in [0.25, 0.3) is 0 Å². The Balaban J connectivity index is 1.24. The molecule has 0 aliphatic carbocycles. The van der Waals surface area contributed by atoms with E-state index < -0.39 is 5.92 Å². The second-order valence-corrected chi connectivity index (χ2v) is 13.6. The number of amides is 1. The van der Waals surface area contributed by atoms with Crippen LogP contribution in [0.1, 0.15) is 79.1 Å². The summed E-state index contributed by atoms with van der Waals surface area (Å²) in [4.78, 5) is 31.1. The normalized spacial score (nSPS) is 12.2. The molecule has 0 aliphatic rings. The van der Waals surface area contributed by atoms with Gasteiger partial charge >= 0.3 is 0 Å². The van der Waals surface area contributed by atoms with Crippen LogP contribution in [-0.2, 0) is 16.6 Å². The van der Waals surface area contributed by atoms with Crippen LogP contribution in [0, 0.1) is 6.92 Å². The first-order valence-corrected chi connectivity index (χ1v) is 16.7. The molecule has 1 heterocycles. The Morgan fingerprint density at radius 2 is 1.40 bits per heavy atom. The lowest BCUT2D eigenvalue weighted by molar-refractivity contribution is -0.117. The molecule has 0 bridgehead atoms. The van der Waals surface area contributed by atoms with E-state index in [0.29, 0.717) is 30.0 Å². The molecular formula is C43H42N2O3. The molecule has 6 aromatic rings. The third-order valence-electron chi connectivity index (χ3n) is 8.93. The highest BCUT2D eigenvalue weighted by atomic mass is 16.3. The molecule has 0 unspecified atom stereocenters. The Labute approximate surface area is 283 Å². The van der Waals surface area contributed by atoms with Crippen molar-refractivity contribution in [3.05, 3.63) is 143 Å². The zero-order valence-corrected chi connectivity index (χ0v) is 28.3. The fourth-order valence-electron chi connectivity index (χ4n) is 6.00. The van der Waals surface area contributed by atoms with Crippen LogP contribution >= 0.6 is 0 Å². The molecule has 6 rings (SSSR count). The number of aryl methyl sites for hydroxylation is 1. The number of fused-ring (bicyclic) bond motifs is 1. The Bertz CT molecular complexity index is 2030. The monoisotopic (exact) mass is 634 g/mol. The van der Waals surface area contributed by atoms with Crippen LogP contribution in [0.5, 0.6) is 0 Å². The number of para-hydroxylation sites is 1. The van der Waals surface area contributed by atoms with E-state index in [0.717, 1.165) is 50.9 Å². The zero-order valence-electron chi connectivity index (χ0n) is 28.3. The van der Waals surface area contributed by atoms with Crippen LogP contribution in [0.3, 0.4) is 0 Å². The lowest BCUT2D eigenvalue weighted by atomic mass is 9.86. The molecule has 1 atom stereocenters. The van der Waals surface area contributed by atoms with Gasteiger partial charge in [-0.15, -0.1) is 0 Å².